The number of nitrogens with one attached hydrogen (secondary N) is 1. The fourth-order valence-corrected chi connectivity index (χ4v) is 6.07. The summed E-state index contributed by atoms with van der Waals surface area (Å²) in [6, 6.07) is 5.22. The zero-order valence-electron chi connectivity index (χ0n) is 20.1. The Morgan fingerprint density at radius 3 is 2.44 bits per heavy atom. The average molecular weight is 492 g/mol. The van der Waals surface area contributed by atoms with Crippen LogP contribution in [-0.4, -0.2) is 48.3 Å². The van der Waals surface area contributed by atoms with Gasteiger partial charge in [-0.2, -0.15) is 4.31 Å². The van der Waals surface area contributed by atoms with Gasteiger partial charge in [0.15, 0.2) is 5.69 Å². The number of hydrogen-bond donors (Lipinski definition) is 2. The number of nitrogen functional groups attached to an aromatic ring is 1. The molecule has 3 N–H and O–H groups in total. The molecule has 10 nitrogen and oxygen atoms in total. The lowest BCUT2D eigenvalue weighted by Gasteiger charge is -2.33. The Labute approximate surface area is 199 Å². The van der Waals surface area contributed by atoms with E-state index in [9.17, 15) is 22.8 Å². The molecule has 0 spiro atoms. The van der Waals surface area contributed by atoms with Crippen LogP contribution in [0.3, 0.4) is 0 Å². The highest BCUT2D eigenvalue weighted by Gasteiger charge is 2.35. The Balaban J connectivity index is 1.77. The number of unbranched alkanes of at least 4 members (excludes halogenated alkanes) is 1. The predicted molar refractivity (Wildman–Crippen MR) is 131 cm³/mol. The molecule has 0 unspecified atom stereocenters. The third kappa shape index (κ3) is 4.95. The molecule has 1 saturated heterocycles. The number of carbonyl (C=O) groups excluding carboxylic acids is 1. The Hall–Kier alpha value is -2.92. The fraction of sp³-hybridized carbons (Fsp3) is 0.522. The van der Waals surface area contributed by atoms with Gasteiger partial charge >= 0.3 is 5.69 Å². The number of nitrogens with zero attached hydrogens (tertiary/aromatic N) is 3. The molecule has 3 rings (SSSR count). The molecule has 0 saturated carbocycles. The molecule has 2 heterocycles. The van der Waals surface area contributed by atoms with Crippen LogP contribution in [0.15, 0.2) is 32.7 Å². The van der Waals surface area contributed by atoms with Gasteiger partial charge in [0.1, 0.15) is 5.82 Å². The minimum absolute atomic E-state index is 0.0482. The maximum atomic E-state index is 13.2. The molecule has 1 amide bonds. The van der Waals surface area contributed by atoms with E-state index in [0.717, 1.165) is 12.0 Å². The highest BCUT2D eigenvalue weighted by molar-refractivity contribution is 7.89. The van der Waals surface area contributed by atoms with Crippen molar-refractivity contribution in [1.29, 1.82) is 0 Å². The Morgan fingerprint density at radius 2 is 1.85 bits per heavy atom. The lowest BCUT2D eigenvalue weighted by Crippen LogP contribution is -2.45. The van der Waals surface area contributed by atoms with E-state index in [1.165, 1.54) is 20.8 Å². The SMILES string of the molecule is CCCCn1c(N)c(N(C)C(=O)C2CCN(S(=O)(=O)c3ccc(C)cc3C)CC2)c(=O)[nH]c1=O. The van der Waals surface area contributed by atoms with Crippen molar-refractivity contribution in [3.8, 4) is 0 Å². The number of anilines is 2. The standard InChI is InChI=1S/C23H33N5O5S/c1-5-6-11-28-20(24)19(21(29)25-23(28)31)26(4)22(30)17-9-12-27(13-10-17)34(32,33)18-8-7-15(2)14-16(18)3/h7-8,14,17H,5-6,9-13,24H2,1-4H3,(H,25,29,31). The Bertz CT molecular complexity index is 1290. The number of hydrogen-bond acceptors (Lipinski definition) is 6. The number of H-pyrrole nitrogens is 1. The first kappa shape index (κ1) is 25.7. The van der Waals surface area contributed by atoms with Crippen LogP contribution < -0.4 is 21.9 Å². The van der Waals surface area contributed by atoms with E-state index in [0.29, 0.717) is 31.4 Å². The number of rotatable bonds is 7. The van der Waals surface area contributed by atoms with Crippen LogP contribution in [-0.2, 0) is 21.4 Å². The number of benzene rings is 1. The first-order valence-corrected chi connectivity index (χ1v) is 12.9. The molecule has 1 aromatic heterocycles. The molecular formula is C23H33N5O5S. The highest BCUT2D eigenvalue weighted by atomic mass is 32.2. The first-order chi connectivity index (χ1) is 16.0. The lowest BCUT2D eigenvalue weighted by atomic mass is 9.96. The third-order valence-electron chi connectivity index (χ3n) is 6.37. The van der Waals surface area contributed by atoms with Crippen LogP contribution in [0.25, 0.3) is 0 Å². The van der Waals surface area contributed by atoms with E-state index in [-0.39, 0.29) is 35.4 Å². The zero-order valence-corrected chi connectivity index (χ0v) is 20.9. The fourth-order valence-electron chi connectivity index (χ4n) is 4.39. The smallest absolute Gasteiger partial charge is 0.330 e. The molecule has 0 bridgehead atoms. The van der Waals surface area contributed by atoms with Crippen molar-refractivity contribution < 1.29 is 13.2 Å². The molecule has 0 aliphatic carbocycles. The van der Waals surface area contributed by atoms with Crippen LogP contribution in [0.4, 0.5) is 11.5 Å². The van der Waals surface area contributed by atoms with E-state index < -0.39 is 27.2 Å². The second-order valence-corrected chi connectivity index (χ2v) is 10.7. The van der Waals surface area contributed by atoms with Gasteiger partial charge in [0.05, 0.1) is 4.90 Å². The van der Waals surface area contributed by atoms with Gasteiger partial charge in [-0.1, -0.05) is 31.0 Å². The summed E-state index contributed by atoms with van der Waals surface area (Å²) in [5, 5.41) is 0. The maximum absolute atomic E-state index is 13.2. The van der Waals surface area contributed by atoms with Crippen LogP contribution in [0, 0.1) is 19.8 Å². The summed E-state index contributed by atoms with van der Waals surface area (Å²) in [6.45, 7) is 6.37. The average Bonchev–Trinajstić information content (AvgIpc) is 2.78. The minimum atomic E-state index is -3.67. The summed E-state index contributed by atoms with van der Waals surface area (Å²) in [7, 11) is -2.21. The molecule has 34 heavy (non-hydrogen) atoms. The lowest BCUT2D eigenvalue weighted by molar-refractivity contribution is -0.123. The van der Waals surface area contributed by atoms with Gasteiger partial charge in [-0.15, -0.1) is 0 Å². The van der Waals surface area contributed by atoms with Crippen molar-refractivity contribution in [3.63, 3.8) is 0 Å². The molecule has 0 atom stereocenters. The van der Waals surface area contributed by atoms with Crippen LogP contribution in [0.1, 0.15) is 43.7 Å². The molecule has 11 heteroatoms. The second kappa shape index (κ2) is 10.1. The molecule has 0 radical (unpaired) electrons. The molecule has 1 aliphatic heterocycles. The molecule has 1 aromatic carbocycles. The van der Waals surface area contributed by atoms with Gasteiger partial charge < -0.3 is 10.6 Å². The number of sulfonamides is 1. The van der Waals surface area contributed by atoms with Crippen LogP contribution in [0.2, 0.25) is 0 Å². The van der Waals surface area contributed by atoms with Gasteiger partial charge in [0.2, 0.25) is 15.9 Å². The Morgan fingerprint density at radius 1 is 1.21 bits per heavy atom. The van der Waals surface area contributed by atoms with Crippen molar-refractivity contribution in [3.05, 3.63) is 50.2 Å². The topological polar surface area (TPSA) is 139 Å². The number of carbonyl (C=O) groups is 1. The molecule has 186 valence electrons. The molecular weight excluding hydrogens is 458 g/mol. The largest absolute Gasteiger partial charge is 0.383 e. The van der Waals surface area contributed by atoms with Crippen molar-refractivity contribution in [1.82, 2.24) is 13.9 Å². The van der Waals surface area contributed by atoms with E-state index in [1.807, 2.05) is 19.9 Å². The number of aromatic amines is 1. The van der Waals surface area contributed by atoms with Gasteiger partial charge in [0.25, 0.3) is 5.56 Å². The number of nitrogens with two attached hydrogens (primary N) is 1. The third-order valence-corrected chi connectivity index (χ3v) is 8.43. The zero-order chi connectivity index (χ0) is 25.2. The predicted octanol–water partition coefficient (Wildman–Crippen LogP) is 1.60. The van der Waals surface area contributed by atoms with Crippen molar-refractivity contribution >= 4 is 27.4 Å². The minimum Gasteiger partial charge on any atom is -0.383 e. The number of aromatic nitrogens is 2. The number of piperidine rings is 1. The van der Waals surface area contributed by atoms with Gasteiger partial charge in [-0.05, 0) is 44.7 Å². The highest BCUT2D eigenvalue weighted by Crippen LogP contribution is 2.28. The summed E-state index contributed by atoms with van der Waals surface area (Å²) in [4.78, 5) is 41.5. The molecule has 2 aromatic rings. The van der Waals surface area contributed by atoms with Crippen molar-refractivity contribution in [2.75, 3.05) is 30.8 Å². The van der Waals surface area contributed by atoms with Gasteiger partial charge in [-0.25, -0.2) is 13.2 Å². The summed E-state index contributed by atoms with van der Waals surface area (Å²) in [5.41, 5.74) is 6.40. The van der Waals surface area contributed by atoms with Crippen LogP contribution in [0.5, 0.6) is 0 Å². The van der Waals surface area contributed by atoms with Crippen molar-refractivity contribution in [2.24, 2.45) is 5.92 Å². The molecule has 1 fully saturated rings. The summed E-state index contributed by atoms with van der Waals surface area (Å²) < 4.78 is 28.9. The first-order valence-electron chi connectivity index (χ1n) is 11.5. The summed E-state index contributed by atoms with van der Waals surface area (Å²) in [6.07, 6.45) is 2.17. The quantitative estimate of drug-likeness (QED) is 0.603. The van der Waals surface area contributed by atoms with Gasteiger partial charge in [0, 0.05) is 32.6 Å². The van der Waals surface area contributed by atoms with E-state index >= 15 is 0 Å². The summed E-state index contributed by atoms with van der Waals surface area (Å²) in [5.74, 6) is -0.847. The normalized spacial score (nSPS) is 15.4. The van der Waals surface area contributed by atoms with Crippen LogP contribution >= 0.6 is 0 Å². The monoisotopic (exact) mass is 491 g/mol. The van der Waals surface area contributed by atoms with E-state index in [4.69, 9.17) is 5.73 Å². The van der Waals surface area contributed by atoms with Crippen molar-refractivity contribution in [2.45, 2.75) is 57.9 Å². The second-order valence-electron chi connectivity index (χ2n) is 8.84. The maximum Gasteiger partial charge on any atom is 0.330 e. The Kier molecular flexibility index (Phi) is 7.67. The summed E-state index contributed by atoms with van der Waals surface area (Å²) >= 11 is 0. The van der Waals surface area contributed by atoms with E-state index in [1.54, 1.807) is 19.1 Å². The number of aryl methyl sites for hydroxylation is 2. The molecule has 1 aliphatic rings. The van der Waals surface area contributed by atoms with E-state index in [2.05, 4.69) is 4.98 Å². The number of amides is 1. The van der Waals surface area contributed by atoms with Gasteiger partial charge in [-0.3, -0.25) is 19.1 Å².